The number of nitrogens with one attached hydrogen (secondary N) is 2. The molecule has 3 N–H and O–H groups in total. The fraction of sp³-hybridized carbons (Fsp3) is 0.500. The third-order valence-electron chi connectivity index (χ3n) is 4.81. The predicted molar refractivity (Wildman–Crippen MR) is 108 cm³/mol. The van der Waals surface area contributed by atoms with Gasteiger partial charge in [0.25, 0.3) is 0 Å². The molecule has 0 unspecified atom stereocenters. The summed E-state index contributed by atoms with van der Waals surface area (Å²) in [7, 11) is 0. The summed E-state index contributed by atoms with van der Waals surface area (Å²) in [4.78, 5) is 9.31. The smallest absolute Gasteiger partial charge is 0.225 e. The topological polar surface area (TPSA) is 70.1 Å². The Labute approximate surface area is 160 Å². The van der Waals surface area contributed by atoms with E-state index in [1.165, 1.54) is 12.8 Å². The van der Waals surface area contributed by atoms with Crippen molar-refractivity contribution in [1.29, 1.82) is 0 Å². The quantitative estimate of drug-likeness (QED) is 0.649. The minimum atomic E-state index is -0.0729. The molecule has 0 bridgehead atoms. The lowest BCUT2D eigenvalue weighted by Gasteiger charge is -2.21. The summed E-state index contributed by atoms with van der Waals surface area (Å²) < 4.78 is 0. The van der Waals surface area contributed by atoms with Gasteiger partial charge < -0.3 is 15.7 Å². The number of hydrogen-bond acceptors (Lipinski definition) is 5. The van der Waals surface area contributed by atoms with E-state index in [4.69, 9.17) is 11.6 Å². The van der Waals surface area contributed by atoms with Crippen LogP contribution in [0.15, 0.2) is 18.2 Å². The largest absolute Gasteiger partial charge is 0.394 e. The molecule has 1 atom stereocenters. The molecular formula is C20H27ClN4O. The van der Waals surface area contributed by atoms with Gasteiger partial charge >= 0.3 is 0 Å². The number of nitrogens with zero attached hydrogens (tertiary/aromatic N) is 2. The molecule has 1 aromatic carbocycles. The lowest BCUT2D eigenvalue weighted by atomic mass is 10.1. The summed E-state index contributed by atoms with van der Waals surface area (Å²) in [5, 5.41) is 17.1. The van der Waals surface area contributed by atoms with Gasteiger partial charge in [0.1, 0.15) is 5.82 Å². The Morgan fingerprint density at radius 1 is 1.15 bits per heavy atom. The molecule has 0 radical (unpaired) electrons. The van der Waals surface area contributed by atoms with Crippen LogP contribution in [0.1, 0.15) is 49.4 Å². The van der Waals surface area contributed by atoms with Crippen LogP contribution in [0.3, 0.4) is 0 Å². The first-order valence-electron chi connectivity index (χ1n) is 9.17. The first-order valence-corrected chi connectivity index (χ1v) is 9.55. The molecule has 3 rings (SSSR count). The molecule has 1 aromatic heterocycles. The molecule has 1 saturated carbocycles. The minimum Gasteiger partial charge on any atom is -0.394 e. The number of anilines is 3. The van der Waals surface area contributed by atoms with Gasteiger partial charge in [-0.3, -0.25) is 0 Å². The summed E-state index contributed by atoms with van der Waals surface area (Å²) in [6.45, 7) is 8.25. The van der Waals surface area contributed by atoms with E-state index in [0.29, 0.717) is 11.9 Å². The third kappa shape index (κ3) is 4.46. The van der Waals surface area contributed by atoms with Gasteiger partial charge in [-0.25, -0.2) is 4.98 Å². The summed E-state index contributed by atoms with van der Waals surface area (Å²) in [6.07, 6.45) is 2.34. The van der Waals surface area contributed by atoms with Crippen molar-refractivity contribution in [2.45, 2.75) is 52.5 Å². The second kappa shape index (κ2) is 7.80. The van der Waals surface area contributed by atoms with Crippen molar-refractivity contribution >= 4 is 29.1 Å². The molecule has 1 aliphatic rings. The third-order valence-corrected chi connectivity index (χ3v) is 5.03. The van der Waals surface area contributed by atoms with Gasteiger partial charge in [-0.2, -0.15) is 4.98 Å². The lowest BCUT2D eigenvalue weighted by Crippen LogP contribution is -2.30. The summed E-state index contributed by atoms with van der Waals surface area (Å²) in [5.74, 6) is 2.12. The van der Waals surface area contributed by atoms with Gasteiger partial charge in [-0.15, -0.1) is 0 Å². The molecule has 5 nitrogen and oxygen atoms in total. The highest BCUT2D eigenvalue weighted by Gasteiger charge is 2.27. The van der Waals surface area contributed by atoms with E-state index in [2.05, 4.69) is 34.4 Å². The van der Waals surface area contributed by atoms with Crippen LogP contribution in [0, 0.1) is 19.8 Å². The molecule has 140 valence electrons. The Bertz CT molecular complexity index is 766. The van der Waals surface area contributed by atoms with Gasteiger partial charge in [-0.1, -0.05) is 25.4 Å². The normalized spacial score (nSPS) is 15.2. The van der Waals surface area contributed by atoms with Crippen molar-refractivity contribution in [2.24, 2.45) is 5.92 Å². The highest BCUT2D eigenvalue weighted by Crippen LogP contribution is 2.40. The summed E-state index contributed by atoms with van der Waals surface area (Å²) in [5.41, 5.74) is 4.22. The maximum atomic E-state index is 9.61. The van der Waals surface area contributed by atoms with E-state index in [9.17, 15) is 5.11 Å². The van der Waals surface area contributed by atoms with Gasteiger partial charge in [0.05, 0.1) is 18.3 Å². The van der Waals surface area contributed by atoms with Crippen LogP contribution < -0.4 is 10.6 Å². The van der Waals surface area contributed by atoms with E-state index in [1.54, 1.807) is 0 Å². The van der Waals surface area contributed by atoms with Gasteiger partial charge in [0.2, 0.25) is 5.95 Å². The SMILES string of the molecule is Cc1cc(Cl)cc(C)c1Nc1cc(C2CC2)nc(N[C@@H](CO)C(C)C)n1. The van der Waals surface area contributed by atoms with Crippen molar-refractivity contribution in [3.05, 3.63) is 40.0 Å². The molecule has 1 fully saturated rings. The Morgan fingerprint density at radius 2 is 1.81 bits per heavy atom. The highest BCUT2D eigenvalue weighted by atomic mass is 35.5. The molecule has 2 aromatic rings. The van der Waals surface area contributed by atoms with Crippen LogP contribution in [0.5, 0.6) is 0 Å². The Morgan fingerprint density at radius 3 is 2.35 bits per heavy atom. The predicted octanol–water partition coefficient (Wildman–Crippen LogP) is 4.80. The van der Waals surface area contributed by atoms with Crippen molar-refractivity contribution in [1.82, 2.24) is 9.97 Å². The molecule has 0 aliphatic heterocycles. The number of hydrogen-bond donors (Lipinski definition) is 3. The standard InChI is InChI=1S/C20H27ClN4O/c1-11(2)17(10-26)23-20-22-16(14-5-6-14)9-18(25-20)24-19-12(3)7-15(21)8-13(19)4/h7-9,11,14,17,26H,5-6,10H2,1-4H3,(H2,22,23,24,25)/t17-/m0/s1. The van der Waals surface area contributed by atoms with Crippen molar-refractivity contribution < 1.29 is 5.11 Å². The highest BCUT2D eigenvalue weighted by molar-refractivity contribution is 6.30. The van der Waals surface area contributed by atoms with Crippen LogP contribution in [-0.4, -0.2) is 27.7 Å². The number of rotatable bonds is 7. The van der Waals surface area contributed by atoms with Crippen LogP contribution in [0.2, 0.25) is 5.02 Å². The van der Waals surface area contributed by atoms with Gasteiger partial charge in [0.15, 0.2) is 0 Å². The molecular weight excluding hydrogens is 348 g/mol. The van der Waals surface area contributed by atoms with Gasteiger partial charge in [-0.05, 0) is 55.9 Å². The maximum absolute atomic E-state index is 9.61. The summed E-state index contributed by atoms with van der Waals surface area (Å²) >= 11 is 6.14. The van der Waals surface area contributed by atoms with E-state index >= 15 is 0 Å². The summed E-state index contributed by atoms with van der Waals surface area (Å²) in [6, 6.07) is 5.84. The molecule has 1 aliphatic carbocycles. The average Bonchev–Trinajstić information content (AvgIpc) is 3.40. The monoisotopic (exact) mass is 374 g/mol. The number of benzene rings is 1. The van der Waals surface area contributed by atoms with E-state index in [1.807, 2.05) is 32.0 Å². The lowest BCUT2D eigenvalue weighted by molar-refractivity contribution is 0.248. The Kier molecular flexibility index (Phi) is 5.68. The molecule has 26 heavy (non-hydrogen) atoms. The van der Waals surface area contributed by atoms with E-state index < -0.39 is 0 Å². The van der Waals surface area contributed by atoms with Crippen molar-refractivity contribution in [3.63, 3.8) is 0 Å². The minimum absolute atomic E-state index is 0.0485. The number of aliphatic hydroxyl groups is 1. The zero-order chi connectivity index (χ0) is 18.8. The number of aromatic nitrogens is 2. The van der Waals surface area contributed by atoms with Crippen LogP contribution >= 0.6 is 11.6 Å². The molecule has 0 saturated heterocycles. The van der Waals surface area contributed by atoms with Crippen molar-refractivity contribution in [3.8, 4) is 0 Å². The first kappa shape index (κ1) is 18.9. The second-order valence-corrected chi connectivity index (χ2v) is 7.93. The molecule has 0 spiro atoms. The molecule has 0 amide bonds. The Balaban J connectivity index is 1.91. The van der Waals surface area contributed by atoms with E-state index in [0.717, 1.165) is 33.3 Å². The molecule has 1 heterocycles. The van der Waals surface area contributed by atoms with Crippen LogP contribution in [0.4, 0.5) is 17.5 Å². The number of aryl methyl sites for hydroxylation is 2. The zero-order valence-electron chi connectivity index (χ0n) is 15.8. The zero-order valence-corrected chi connectivity index (χ0v) is 16.6. The first-order chi connectivity index (χ1) is 12.4. The number of aliphatic hydroxyl groups excluding tert-OH is 1. The fourth-order valence-corrected chi connectivity index (χ4v) is 3.34. The molecule has 6 heteroatoms. The van der Waals surface area contributed by atoms with Crippen LogP contribution in [-0.2, 0) is 0 Å². The average molecular weight is 375 g/mol. The van der Waals surface area contributed by atoms with Crippen molar-refractivity contribution in [2.75, 3.05) is 17.2 Å². The number of halogens is 1. The van der Waals surface area contributed by atoms with Crippen LogP contribution in [0.25, 0.3) is 0 Å². The fourth-order valence-electron chi connectivity index (χ4n) is 3.01. The maximum Gasteiger partial charge on any atom is 0.225 e. The van der Waals surface area contributed by atoms with Gasteiger partial charge in [0, 0.05) is 22.7 Å². The Hall–Kier alpha value is -1.85. The second-order valence-electron chi connectivity index (χ2n) is 7.49. The van der Waals surface area contributed by atoms with E-state index in [-0.39, 0.29) is 18.6 Å².